The molecule has 0 unspecified atom stereocenters. The molecule has 0 saturated carbocycles. The first-order chi connectivity index (χ1) is 19.3. The SMILES string of the molecule is COc1ccc(N2Cc3c(F)ccc(Nc4c(N[C@@H](C5=CC=C(C)C5)C(C)(C)C)c(=O)c4=O)c3C2=O)c(C(=O)O)c1. The van der Waals surface area contributed by atoms with Crippen LogP contribution in [0.4, 0.5) is 27.1 Å². The highest BCUT2D eigenvalue weighted by atomic mass is 19.1. The third-order valence-corrected chi connectivity index (χ3v) is 7.52. The molecule has 3 N–H and O–H groups in total. The summed E-state index contributed by atoms with van der Waals surface area (Å²) < 4.78 is 20.1. The minimum atomic E-state index is -1.28. The van der Waals surface area contributed by atoms with E-state index in [0.717, 1.165) is 12.0 Å². The number of nitrogens with one attached hydrogen (secondary N) is 2. The molecule has 1 aliphatic carbocycles. The van der Waals surface area contributed by atoms with Crippen LogP contribution in [0.2, 0.25) is 0 Å². The summed E-state index contributed by atoms with van der Waals surface area (Å²) in [5.41, 5.74) is 0.661. The molecule has 0 fully saturated rings. The number of rotatable bonds is 8. The molecule has 2 aliphatic rings. The molecule has 0 spiro atoms. The molecule has 1 amide bonds. The number of hydrogen-bond acceptors (Lipinski definition) is 7. The number of carbonyl (C=O) groups is 2. The van der Waals surface area contributed by atoms with E-state index < -0.39 is 28.6 Å². The van der Waals surface area contributed by atoms with Gasteiger partial charge in [0, 0.05) is 5.56 Å². The maximum Gasteiger partial charge on any atom is 0.337 e. The van der Waals surface area contributed by atoms with Crippen LogP contribution in [0.3, 0.4) is 0 Å². The van der Waals surface area contributed by atoms with Crippen LogP contribution in [-0.2, 0) is 6.54 Å². The van der Waals surface area contributed by atoms with Crippen molar-refractivity contribution in [3.8, 4) is 5.75 Å². The number of anilines is 4. The van der Waals surface area contributed by atoms with Gasteiger partial charge >= 0.3 is 5.97 Å². The molecule has 41 heavy (non-hydrogen) atoms. The Morgan fingerprint density at radius 1 is 1.07 bits per heavy atom. The molecule has 1 atom stereocenters. The van der Waals surface area contributed by atoms with E-state index in [1.54, 1.807) is 0 Å². The average Bonchev–Trinajstić information content (AvgIpc) is 3.51. The average molecular weight is 560 g/mol. The van der Waals surface area contributed by atoms with E-state index in [0.29, 0.717) is 0 Å². The van der Waals surface area contributed by atoms with E-state index >= 15 is 0 Å². The number of methoxy groups -OCH3 is 1. The minimum Gasteiger partial charge on any atom is -0.497 e. The fourth-order valence-electron chi connectivity index (χ4n) is 5.41. The number of nitrogens with zero attached hydrogens (tertiary/aromatic N) is 1. The molecule has 5 rings (SSSR count). The van der Waals surface area contributed by atoms with Crippen molar-refractivity contribution in [2.75, 3.05) is 22.6 Å². The van der Waals surface area contributed by atoms with Gasteiger partial charge in [-0.25, -0.2) is 9.18 Å². The Morgan fingerprint density at radius 2 is 1.78 bits per heavy atom. The van der Waals surface area contributed by atoms with Crippen molar-refractivity contribution in [2.45, 2.75) is 46.7 Å². The predicted octanol–water partition coefficient (Wildman–Crippen LogP) is 5.14. The van der Waals surface area contributed by atoms with Crippen LogP contribution in [0.1, 0.15) is 60.4 Å². The molecule has 3 aromatic carbocycles. The lowest BCUT2D eigenvalue weighted by atomic mass is 9.81. The number of amides is 1. The highest BCUT2D eigenvalue weighted by Gasteiger charge is 2.37. The van der Waals surface area contributed by atoms with Crippen molar-refractivity contribution < 1.29 is 23.8 Å². The molecular weight excluding hydrogens is 529 g/mol. The van der Waals surface area contributed by atoms with E-state index in [-0.39, 0.29) is 63.2 Å². The number of allylic oxidation sites excluding steroid dienone is 3. The van der Waals surface area contributed by atoms with Crippen LogP contribution in [0.5, 0.6) is 5.75 Å². The molecule has 1 aliphatic heterocycles. The monoisotopic (exact) mass is 559 g/mol. The summed E-state index contributed by atoms with van der Waals surface area (Å²) in [7, 11) is 1.39. The fourth-order valence-corrected chi connectivity index (χ4v) is 5.41. The Bertz CT molecular complexity index is 1740. The van der Waals surface area contributed by atoms with E-state index in [2.05, 4.69) is 10.6 Å². The second-order valence-corrected chi connectivity index (χ2v) is 11.4. The number of carboxylic acid groups (broad SMARTS) is 1. The van der Waals surface area contributed by atoms with Gasteiger partial charge in [-0.05, 0) is 54.7 Å². The Morgan fingerprint density at radius 3 is 2.39 bits per heavy atom. The van der Waals surface area contributed by atoms with Crippen molar-refractivity contribution in [1.82, 2.24) is 0 Å². The zero-order chi connectivity index (χ0) is 29.8. The summed E-state index contributed by atoms with van der Waals surface area (Å²) in [6, 6.07) is 6.47. The first-order valence-electron chi connectivity index (χ1n) is 13.1. The minimum absolute atomic E-state index is 0.0109. The highest BCUT2D eigenvalue weighted by molar-refractivity contribution is 6.16. The number of carbonyl (C=O) groups excluding carboxylic acids is 1. The zero-order valence-electron chi connectivity index (χ0n) is 23.3. The third kappa shape index (κ3) is 4.79. The molecule has 0 saturated heterocycles. The smallest absolute Gasteiger partial charge is 0.337 e. The predicted molar refractivity (Wildman–Crippen MR) is 155 cm³/mol. The lowest BCUT2D eigenvalue weighted by Gasteiger charge is -2.34. The van der Waals surface area contributed by atoms with Crippen molar-refractivity contribution in [3.63, 3.8) is 0 Å². The van der Waals surface area contributed by atoms with Crippen LogP contribution < -0.4 is 31.1 Å². The van der Waals surface area contributed by atoms with E-state index in [1.807, 2.05) is 39.8 Å². The van der Waals surface area contributed by atoms with Gasteiger partial charge in [-0.3, -0.25) is 14.4 Å². The van der Waals surface area contributed by atoms with Gasteiger partial charge in [-0.15, -0.1) is 0 Å². The normalized spacial score (nSPS) is 15.5. The largest absolute Gasteiger partial charge is 0.497 e. The van der Waals surface area contributed by atoms with Gasteiger partial charge in [0.1, 0.15) is 22.9 Å². The summed E-state index contributed by atoms with van der Waals surface area (Å²) in [4.78, 5) is 52.2. The van der Waals surface area contributed by atoms with Gasteiger partial charge in [0.05, 0.1) is 42.2 Å². The lowest BCUT2D eigenvalue weighted by Crippen LogP contribution is -2.43. The topological polar surface area (TPSA) is 125 Å². The first kappa shape index (κ1) is 27.8. The molecule has 212 valence electrons. The number of fused-ring (bicyclic) bond motifs is 1. The standard InChI is InChI=1S/C31H30FN3O6/c1-15-6-7-16(12-15)28(31(2,3)4)34-25-24(26(36)27(25)37)33-21-10-9-20(32)19-14-35(29(38)23(19)21)22-11-8-17(41-5)13-18(22)30(39)40/h6-11,13,28,33-34H,12,14H2,1-5H3,(H,39,40)/t28-/m0/s1. The van der Waals surface area contributed by atoms with E-state index in [1.165, 1.54) is 47.9 Å². The first-order valence-corrected chi connectivity index (χ1v) is 13.1. The summed E-state index contributed by atoms with van der Waals surface area (Å²) >= 11 is 0. The maximum atomic E-state index is 15.0. The van der Waals surface area contributed by atoms with Crippen molar-refractivity contribution in [1.29, 1.82) is 0 Å². The molecule has 0 radical (unpaired) electrons. The van der Waals surface area contributed by atoms with Gasteiger partial charge in [0.15, 0.2) is 0 Å². The number of hydrogen-bond donors (Lipinski definition) is 3. The molecule has 0 aromatic heterocycles. The lowest BCUT2D eigenvalue weighted by molar-refractivity contribution is 0.0697. The Kier molecular flexibility index (Phi) is 6.81. The summed E-state index contributed by atoms with van der Waals surface area (Å²) in [6.07, 6.45) is 4.78. The highest BCUT2D eigenvalue weighted by Crippen LogP contribution is 2.39. The van der Waals surface area contributed by atoms with Crippen molar-refractivity contribution in [2.24, 2.45) is 5.41 Å². The third-order valence-electron chi connectivity index (χ3n) is 7.52. The van der Waals surface area contributed by atoms with Crippen LogP contribution in [0.15, 0.2) is 63.2 Å². The molecule has 0 bridgehead atoms. The molecular formula is C31H30FN3O6. The molecule has 9 nitrogen and oxygen atoms in total. The van der Waals surface area contributed by atoms with Gasteiger partial charge in [0.2, 0.25) is 0 Å². The summed E-state index contributed by atoms with van der Waals surface area (Å²) in [5, 5.41) is 15.9. The maximum absolute atomic E-state index is 15.0. The van der Waals surface area contributed by atoms with Gasteiger partial charge in [-0.1, -0.05) is 38.5 Å². The summed E-state index contributed by atoms with van der Waals surface area (Å²) in [6.45, 7) is 7.90. The van der Waals surface area contributed by atoms with Crippen LogP contribution in [-0.4, -0.2) is 30.1 Å². The number of carboxylic acids is 1. The van der Waals surface area contributed by atoms with Crippen LogP contribution in [0.25, 0.3) is 0 Å². The van der Waals surface area contributed by atoms with Crippen molar-refractivity contribution in [3.05, 3.63) is 96.6 Å². The molecule has 1 heterocycles. The van der Waals surface area contributed by atoms with E-state index in [9.17, 15) is 28.7 Å². The van der Waals surface area contributed by atoms with E-state index in [4.69, 9.17) is 4.74 Å². The Balaban J connectivity index is 1.50. The van der Waals surface area contributed by atoms with Gasteiger partial charge in [0.25, 0.3) is 16.8 Å². The summed E-state index contributed by atoms with van der Waals surface area (Å²) in [5.74, 6) is -2.29. The molecule has 10 heteroatoms. The molecule has 3 aromatic rings. The van der Waals surface area contributed by atoms with Crippen molar-refractivity contribution >= 4 is 34.6 Å². The van der Waals surface area contributed by atoms with Gasteiger partial charge < -0.3 is 25.4 Å². The number of aromatic carboxylic acids is 1. The fraction of sp³-hybridized carbons (Fsp3) is 0.290. The van der Waals surface area contributed by atoms with Crippen LogP contribution >= 0.6 is 0 Å². The van der Waals surface area contributed by atoms with Crippen LogP contribution in [0, 0.1) is 11.2 Å². The second kappa shape index (κ2) is 10.0. The van der Waals surface area contributed by atoms with Gasteiger partial charge in [-0.2, -0.15) is 0 Å². The zero-order valence-corrected chi connectivity index (χ0v) is 23.3. The Hall–Kier alpha value is -4.73. The quantitative estimate of drug-likeness (QED) is 0.324. The number of halogens is 1. The second-order valence-electron chi connectivity index (χ2n) is 11.4. The number of benzene rings is 2. The number of ether oxygens (including phenoxy) is 1. The Labute approximate surface area is 235 Å².